The molecule has 9 nitrogen and oxygen atoms in total. The first kappa shape index (κ1) is 21.5. The van der Waals surface area contributed by atoms with Crippen LogP contribution < -0.4 is 11.1 Å². The number of nitrogens with two attached hydrogens (primary N) is 1. The summed E-state index contributed by atoms with van der Waals surface area (Å²) in [5.41, 5.74) is 5.85. The number of rotatable bonds is 8. The number of primary amides is 1. The number of carbonyl (C=O) groups excluding carboxylic acids is 2. The van der Waals surface area contributed by atoms with Crippen LogP contribution in [0, 0.1) is 0 Å². The number of sulfonamides is 1. The zero-order valence-corrected chi connectivity index (χ0v) is 17.1. The van der Waals surface area contributed by atoms with Gasteiger partial charge in [0.15, 0.2) is 0 Å². The van der Waals surface area contributed by atoms with Crippen LogP contribution in [0.2, 0.25) is 5.15 Å². The number of anilines is 1. The minimum absolute atomic E-state index is 0.114. The van der Waals surface area contributed by atoms with E-state index < -0.39 is 28.4 Å². The third kappa shape index (κ3) is 5.23. The molecule has 0 fully saturated rings. The van der Waals surface area contributed by atoms with Crippen LogP contribution in [0.1, 0.15) is 16.1 Å². The monoisotopic (exact) mass is 448 g/mol. The highest BCUT2D eigenvalue weighted by Gasteiger charge is 2.28. The van der Waals surface area contributed by atoms with Crippen LogP contribution in [-0.4, -0.2) is 36.1 Å². The van der Waals surface area contributed by atoms with Crippen LogP contribution in [0.15, 0.2) is 70.3 Å². The number of benzene rings is 1. The molecule has 2 amide bonds. The molecular weight excluding hydrogens is 432 g/mol. The van der Waals surface area contributed by atoms with Crippen molar-refractivity contribution in [2.24, 2.45) is 5.73 Å². The summed E-state index contributed by atoms with van der Waals surface area (Å²) in [4.78, 5) is 27.3. The molecule has 0 spiro atoms. The summed E-state index contributed by atoms with van der Waals surface area (Å²) >= 11 is 5.73. The largest absolute Gasteiger partial charge is 0.468 e. The standard InChI is InChI=1S/C19H17ClN4O5S/c20-17-8-7-16(10-22-17)30(27,28)24(11-15-2-1-9-29-15)12-18(25)23-14-5-3-13(4-6-14)19(21)26/h1-10H,11-12H2,(H2,21,26)(H,23,25). The van der Waals surface area contributed by atoms with Crippen LogP contribution in [0.5, 0.6) is 0 Å². The Morgan fingerprint density at radius 2 is 1.87 bits per heavy atom. The van der Waals surface area contributed by atoms with Crippen molar-refractivity contribution in [3.63, 3.8) is 0 Å². The quantitative estimate of drug-likeness (QED) is 0.507. The molecule has 0 atom stereocenters. The zero-order valence-electron chi connectivity index (χ0n) is 15.5. The maximum atomic E-state index is 13.0. The predicted octanol–water partition coefficient (Wildman–Crippen LogP) is 2.26. The van der Waals surface area contributed by atoms with Gasteiger partial charge in [0.2, 0.25) is 21.8 Å². The fourth-order valence-electron chi connectivity index (χ4n) is 2.54. The van der Waals surface area contributed by atoms with Crippen molar-refractivity contribution in [3.8, 4) is 0 Å². The molecule has 0 unspecified atom stereocenters. The van der Waals surface area contributed by atoms with Gasteiger partial charge in [-0.15, -0.1) is 0 Å². The normalized spacial score (nSPS) is 11.4. The van der Waals surface area contributed by atoms with E-state index in [-0.39, 0.29) is 22.2 Å². The van der Waals surface area contributed by atoms with Crippen LogP contribution in [0.4, 0.5) is 5.69 Å². The summed E-state index contributed by atoms with van der Waals surface area (Å²) in [5.74, 6) is -0.821. The van der Waals surface area contributed by atoms with E-state index in [1.165, 1.54) is 42.7 Å². The number of pyridine rings is 1. The van der Waals surface area contributed by atoms with Crippen LogP contribution in [0.3, 0.4) is 0 Å². The number of carbonyl (C=O) groups is 2. The smallest absolute Gasteiger partial charge is 0.248 e. The van der Waals surface area contributed by atoms with E-state index in [2.05, 4.69) is 10.3 Å². The van der Waals surface area contributed by atoms with E-state index in [4.69, 9.17) is 21.8 Å². The number of nitrogens with zero attached hydrogens (tertiary/aromatic N) is 2. The van der Waals surface area contributed by atoms with Crippen molar-refractivity contribution in [1.82, 2.24) is 9.29 Å². The number of hydrogen-bond acceptors (Lipinski definition) is 6. The van der Waals surface area contributed by atoms with Gasteiger partial charge in [-0.25, -0.2) is 13.4 Å². The fraction of sp³-hybridized carbons (Fsp3) is 0.105. The number of amides is 2. The van der Waals surface area contributed by atoms with Gasteiger partial charge in [-0.05, 0) is 48.5 Å². The van der Waals surface area contributed by atoms with Gasteiger partial charge in [0.05, 0.1) is 19.4 Å². The number of hydrogen-bond donors (Lipinski definition) is 2. The zero-order chi connectivity index (χ0) is 21.7. The Morgan fingerprint density at radius 3 is 2.43 bits per heavy atom. The third-order valence-corrected chi connectivity index (χ3v) is 6.02. The second-order valence-corrected chi connectivity index (χ2v) is 8.48. The molecule has 1 aromatic carbocycles. The van der Waals surface area contributed by atoms with E-state index in [1.54, 1.807) is 12.1 Å². The van der Waals surface area contributed by atoms with Crippen molar-refractivity contribution in [3.05, 3.63) is 77.5 Å². The molecule has 2 heterocycles. The first-order valence-corrected chi connectivity index (χ1v) is 10.4. The molecule has 30 heavy (non-hydrogen) atoms. The molecule has 3 rings (SSSR count). The lowest BCUT2D eigenvalue weighted by Crippen LogP contribution is -2.37. The van der Waals surface area contributed by atoms with E-state index >= 15 is 0 Å². The van der Waals surface area contributed by atoms with E-state index in [0.717, 1.165) is 10.5 Å². The van der Waals surface area contributed by atoms with E-state index in [1.807, 2.05) is 0 Å². The minimum atomic E-state index is -4.07. The number of halogens is 1. The molecule has 0 bridgehead atoms. The van der Waals surface area contributed by atoms with Crippen LogP contribution in [0.25, 0.3) is 0 Å². The van der Waals surface area contributed by atoms with Gasteiger partial charge >= 0.3 is 0 Å². The number of furan rings is 1. The fourth-order valence-corrected chi connectivity index (χ4v) is 3.96. The summed E-state index contributed by atoms with van der Waals surface area (Å²) in [6.45, 7) is -0.644. The molecule has 156 valence electrons. The lowest BCUT2D eigenvalue weighted by atomic mass is 10.2. The van der Waals surface area contributed by atoms with Gasteiger partial charge in [-0.3, -0.25) is 9.59 Å². The first-order chi connectivity index (χ1) is 14.3. The second kappa shape index (κ2) is 9.08. The van der Waals surface area contributed by atoms with Gasteiger partial charge in [-0.2, -0.15) is 4.31 Å². The summed E-state index contributed by atoms with van der Waals surface area (Å²) < 4.78 is 32.3. The second-order valence-electron chi connectivity index (χ2n) is 6.16. The van der Waals surface area contributed by atoms with Gasteiger partial charge in [0.25, 0.3) is 0 Å². The summed E-state index contributed by atoms with van der Waals surface area (Å²) in [5, 5.41) is 2.73. The Hall–Kier alpha value is -3.21. The van der Waals surface area contributed by atoms with Crippen LogP contribution in [-0.2, 0) is 21.4 Å². The Labute approximate surface area is 177 Å². The Balaban J connectivity index is 1.80. The van der Waals surface area contributed by atoms with Gasteiger partial charge in [0.1, 0.15) is 15.8 Å². The van der Waals surface area contributed by atoms with E-state index in [0.29, 0.717) is 11.4 Å². The van der Waals surface area contributed by atoms with Gasteiger partial charge in [0, 0.05) is 17.4 Å². The maximum absolute atomic E-state index is 13.0. The van der Waals surface area contributed by atoms with E-state index in [9.17, 15) is 18.0 Å². The summed E-state index contributed by atoms with van der Waals surface area (Å²) in [6.07, 6.45) is 2.53. The average molecular weight is 449 g/mol. The summed E-state index contributed by atoms with van der Waals surface area (Å²) in [6, 6.07) is 11.8. The molecule has 0 aliphatic carbocycles. The van der Waals surface area contributed by atoms with Gasteiger partial charge in [-0.1, -0.05) is 11.6 Å². The highest BCUT2D eigenvalue weighted by atomic mass is 35.5. The van der Waals surface area contributed by atoms with Crippen LogP contribution >= 0.6 is 11.6 Å². The lowest BCUT2D eigenvalue weighted by molar-refractivity contribution is -0.116. The SMILES string of the molecule is NC(=O)c1ccc(NC(=O)CN(Cc2ccco2)S(=O)(=O)c2ccc(Cl)nc2)cc1. The van der Waals surface area contributed by atoms with Crippen molar-refractivity contribution in [2.45, 2.75) is 11.4 Å². The summed E-state index contributed by atoms with van der Waals surface area (Å²) in [7, 11) is -4.07. The molecule has 2 aromatic heterocycles. The molecule has 0 saturated heterocycles. The minimum Gasteiger partial charge on any atom is -0.468 e. The third-order valence-electron chi connectivity index (χ3n) is 4.02. The molecule has 11 heteroatoms. The number of aromatic nitrogens is 1. The highest BCUT2D eigenvalue weighted by molar-refractivity contribution is 7.89. The Kier molecular flexibility index (Phi) is 6.50. The molecule has 0 saturated carbocycles. The molecule has 0 aliphatic rings. The van der Waals surface area contributed by atoms with Crippen molar-refractivity contribution < 1.29 is 22.4 Å². The van der Waals surface area contributed by atoms with Crippen molar-refractivity contribution in [2.75, 3.05) is 11.9 Å². The highest BCUT2D eigenvalue weighted by Crippen LogP contribution is 2.20. The number of nitrogens with one attached hydrogen (secondary N) is 1. The molecule has 3 aromatic rings. The predicted molar refractivity (Wildman–Crippen MR) is 109 cm³/mol. The Morgan fingerprint density at radius 1 is 1.13 bits per heavy atom. The average Bonchev–Trinajstić information content (AvgIpc) is 3.21. The molecule has 0 radical (unpaired) electrons. The molecule has 0 aliphatic heterocycles. The molecule has 3 N–H and O–H groups in total. The lowest BCUT2D eigenvalue weighted by Gasteiger charge is -2.20. The Bertz CT molecular complexity index is 1130. The van der Waals surface area contributed by atoms with Crippen molar-refractivity contribution in [1.29, 1.82) is 0 Å². The molecular formula is C19H17ClN4O5S. The maximum Gasteiger partial charge on any atom is 0.248 e. The van der Waals surface area contributed by atoms with Gasteiger partial charge < -0.3 is 15.5 Å². The first-order valence-electron chi connectivity index (χ1n) is 8.59. The topological polar surface area (TPSA) is 136 Å². The van der Waals surface area contributed by atoms with Crippen molar-refractivity contribution >= 4 is 39.1 Å².